The Morgan fingerprint density at radius 2 is 1.62 bits per heavy atom. The Kier molecular flexibility index (Phi) is 7.41. The quantitative estimate of drug-likeness (QED) is 0.220. The number of ketones is 1. The molecule has 0 unspecified atom stereocenters. The van der Waals surface area contributed by atoms with Crippen LogP contribution in [0, 0.1) is 6.92 Å². The summed E-state index contributed by atoms with van der Waals surface area (Å²) in [5.41, 5.74) is -1.53. The summed E-state index contributed by atoms with van der Waals surface area (Å²) in [4.78, 5) is 55.5. The van der Waals surface area contributed by atoms with Crippen molar-refractivity contribution in [2.24, 2.45) is 0 Å². The summed E-state index contributed by atoms with van der Waals surface area (Å²) in [6.45, 7) is 5.69. The zero-order valence-corrected chi connectivity index (χ0v) is 19.9. The number of aryl methyl sites for hydroxylation is 1. The largest absolute Gasteiger partial charge is 0.462 e. The maximum atomic E-state index is 13.7. The van der Waals surface area contributed by atoms with Crippen LogP contribution in [0.3, 0.4) is 0 Å². The van der Waals surface area contributed by atoms with Crippen molar-refractivity contribution in [3.63, 3.8) is 0 Å². The molecule has 3 rings (SSSR count). The fourth-order valence-corrected chi connectivity index (χ4v) is 3.91. The monoisotopic (exact) mass is 485 g/mol. The number of carbonyl (C=O) groups excluding carboxylic acids is 4. The molecule has 0 saturated heterocycles. The number of carbonyl (C=O) groups is 4. The van der Waals surface area contributed by atoms with E-state index in [1.54, 1.807) is 30.3 Å². The van der Waals surface area contributed by atoms with Crippen molar-refractivity contribution in [3.8, 4) is 0 Å². The fourth-order valence-electron chi connectivity index (χ4n) is 3.73. The lowest BCUT2D eigenvalue weighted by Gasteiger charge is -2.29. The normalized spacial score (nSPS) is 11.2. The second kappa shape index (κ2) is 10.1. The van der Waals surface area contributed by atoms with Gasteiger partial charge in [0.2, 0.25) is 5.78 Å². The summed E-state index contributed by atoms with van der Waals surface area (Å²) >= 11 is 6.22. The van der Waals surface area contributed by atoms with E-state index >= 15 is 0 Å². The van der Waals surface area contributed by atoms with Crippen LogP contribution >= 0.6 is 11.6 Å². The summed E-state index contributed by atoms with van der Waals surface area (Å²) in [6.07, 6.45) is 0. The lowest BCUT2D eigenvalue weighted by atomic mass is 9.88. The third-order valence-electron chi connectivity index (χ3n) is 5.04. The zero-order chi connectivity index (χ0) is 25.0. The zero-order valence-electron chi connectivity index (χ0n) is 19.2. The first-order valence-corrected chi connectivity index (χ1v) is 11.0. The van der Waals surface area contributed by atoms with Crippen molar-refractivity contribution in [1.82, 2.24) is 4.98 Å². The van der Waals surface area contributed by atoms with Crippen molar-refractivity contribution >= 4 is 46.2 Å². The van der Waals surface area contributed by atoms with Crippen LogP contribution in [0.5, 0.6) is 0 Å². The van der Waals surface area contributed by atoms with Gasteiger partial charge in [-0.2, -0.15) is 0 Å². The van der Waals surface area contributed by atoms with Crippen molar-refractivity contribution in [3.05, 3.63) is 69.9 Å². The Morgan fingerprint density at radius 1 is 0.971 bits per heavy atom. The molecular formula is C25H24ClNO7. The number of rotatable bonds is 8. The molecule has 1 N–H and O–H groups in total. The van der Waals surface area contributed by atoms with Crippen LogP contribution in [0.4, 0.5) is 0 Å². The van der Waals surface area contributed by atoms with Crippen LogP contribution in [0.25, 0.3) is 10.9 Å². The maximum Gasteiger partial charge on any atom is 0.367 e. The maximum absolute atomic E-state index is 13.7. The Hall–Kier alpha value is -3.65. The van der Waals surface area contributed by atoms with Crippen LogP contribution in [0.1, 0.15) is 48.0 Å². The van der Waals surface area contributed by atoms with Gasteiger partial charge in [-0.15, -0.1) is 0 Å². The average molecular weight is 486 g/mol. The molecule has 0 atom stereocenters. The molecule has 0 amide bonds. The van der Waals surface area contributed by atoms with Crippen molar-refractivity contribution in [2.45, 2.75) is 33.3 Å². The lowest BCUT2D eigenvalue weighted by molar-refractivity contribution is -0.197. The second-order valence-electron chi connectivity index (χ2n) is 7.48. The molecule has 1 aromatic heterocycles. The molecule has 3 aromatic rings. The molecule has 9 heteroatoms. The number of H-pyrrole nitrogens is 1. The molecule has 0 aliphatic heterocycles. The molecule has 0 aliphatic carbocycles. The van der Waals surface area contributed by atoms with E-state index in [0.717, 1.165) is 12.5 Å². The van der Waals surface area contributed by atoms with E-state index in [0.29, 0.717) is 11.1 Å². The molecule has 0 aliphatic rings. The van der Waals surface area contributed by atoms with Crippen LogP contribution in [0.15, 0.2) is 42.5 Å². The molecule has 8 nitrogen and oxygen atoms in total. The number of fused-ring (bicyclic) bond motifs is 1. The van der Waals surface area contributed by atoms with E-state index in [9.17, 15) is 19.2 Å². The smallest absolute Gasteiger partial charge is 0.367 e. The predicted octanol–water partition coefficient (Wildman–Crippen LogP) is 4.25. The number of benzene rings is 2. The molecule has 178 valence electrons. The number of aromatic amines is 1. The topological polar surface area (TPSA) is 112 Å². The molecule has 0 radical (unpaired) electrons. The van der Waals surface area contributed by atoms with Crippen molar-refractivity contribution in [1.29, 1.82) is 0 Å². The predicted molar refractivity (Wildman–Crippen MR) is 125 cm³/mol. The molecule has 1 heterocycles. The van der Waals surface area contributed by atoms with Crippen LogP contribution < -0.4 is 0 Å². The molecular weight excluding hydrogens is 462 g/mol. The number of halogens is 1. The summed E-state index contributed by atoms with van der Waals surface area (Å²) in [5.74, 6) is -3.87. The Morgan fingerprint density at radius 3 is 2.18 bits per heavy atom. The van der Waals surface area contributed by atoms with Crippen molar-refractivity contribution < 1.29 is 33.4 Å². The van der Waals surface area contributed by atoms with Crippen molar-refractivity contribution in [2.75, 3.05) is 13.2 Å². The summed E-state index contributed by atoms with van der Waals surface area (Å²) in [6, 6.07) is 11.4. The molecule has 2 aromatic carbocycles. The highest BCUT2D eigenvalue weighted by Gasteiger charge is 2.58. The first-order chi connectivity index (χ1) is 16.1. The van der Waals surface area contributed by atoms with Crippen LogP contribution in [-0.2, 0) is 34.2 Å². The minimum absolute atomic E-state index is 0.120. The minimum atomic E-state index is -2.70. The lowest BCUT2D eigenvalue weighted by Crippen LogP contribution is -2.50. The summed E-state index contributed by atoms with van der Waals surface area (Å²) in [5, 5.41) is 0.498. The molecule has 0 spiro atoms. The minimum Gasteiger partial charge on any atom is -0.462 e. The molecule has 0 saturated carbocycles. The standard InChI is InChI=1S/C25H24ClNO7/c1-5-32-23(30)25(34-15(4)28,24(31)33-6-2)20-18-13-17(26)10-11-19(18)27-21(20)22(29)16-9-7-8-14(3)12-16/h7-13,27H,5-6H2,1-4H3. The van der Waals surface area contributed by atoms with Gasteiger partial charge < -0.3 is 19.2 Å². The molecule has 0 fully saturated rings. The fraction of sp³-hybridized carbons (Fsp3) is 0.280. The van der Waals surface area contributed by atoms with Gasteiger partial charge in [0.25, 0.3) is 0 Å². The number of nitrogens with one attached hydrogen (secondary N) is 1. The molecule has 0 bridgehead atoms. The first-order valence-electron chi connectivity index (χ1n) is 10.6. The third-order valence-corrected chi connectivity index (χ3v) is 5.28. The van der Waals surface area contributed by atoms with Gasteiger partial charge in [-0.25, -0.2) is 9.59 Å². The highest BCUT2D eigenvalue weighted by molar-refractivity contribution is 6.31. The average Bonchev–Trinajstić information content (AvgIpc) is 3.15. The van der Waals surface area contributed by atoms with Gasteiger partial charge in [0.1, 0.15) is 0 Å². The number of aromatic nitrogens is 1. The van der Waals surface area contributed by atoms with E-state index in [4.69, 9.17) is 25.8 Å². The third kappa shape index (κ3) is 4.54. The highest BCUT2D eigenvalue weighted by Crippen LogP contribution is 2.40. The molecule has 34 heavy (non-hydrogen) atoms. The van der Waals surface area contributed by atoms with Gasteiger partial charge in [0.05, 0.1) is 24.5 Å². The number of ether oxygens (including phenoxy) is 3. The first kappa shape index (κ1) is 25.0. The van der Waals surface area contributed by atoms with Gasteiger partial charge in [-0.3, -0.25) is 9.59 Å². The highest BCUT2D eigenvalue weighted by atomic mass is 35.5. The van der Waals surface area contributed by atoms with Gasteiger partial charge >= 0.3 is 23.5 Å². The van der Waals surface area contributed by atoms with E-state index in [-0.39, 0.29) is 34.9 Å². The Labute approximate surface area is 201 Å². The number of hydrogen-bond acceptors (Lipinski definition) is 7. The van der Waals surface area contributed by atoms with E-state index in [1.807, 2.05) is 13.0 Å². The van der Waals surface area contributed by atoms with E-state index in [2.05, 4.69) is 4.98 Å². The van der Waals surface area contributed by atoms with Crippen LogP contribution in [0.2, 0.25) is 5.02 Å². The Bertz CT molecular complexity index is 1260. The summed E-state index contributed by atoms with van der Waals surface area (Å²) < 4.78 is 15.7. The van der Waals surface area contributed by atoms with E-state index in [1.165, 1.54) is 19.9 Å². The SMILES string of the molecule is CCOC(=O)C(OC(C)=O)(C(=O)OCC)c1c(C(=O)c2cccc(C)c2)[nH]c2ccc(Cl)cc12. The number of hydrogen-bond donors (Lipinski definition) is 1. The van der Waals surface area contributed by atoms with Crippen LogP contribution in [-0.4, -0.2) is 41.9 Å². The van der Waals surface area contributed by atoms with E-state index < -0.39 is 29.3 Å². The number of esters is 3. The van der Waals surface area contributed by atoms with Gasteiger partial charge in [-0.05, 0) is 45.0 Å². The second-order valence-corrected chi connectivity index (χ2v) is 7.92. The summed E-state index contributed by atoms with van der Waals surface area (Å²) in [7, 11) is 0. The van der Waals surface area contributed by atoms with Gasteiger partial charge in [0.15, 0.2) is 0 Å². The van der Waals surface area contributed by atoms with Gasteiger partial charge in [-0.1, -0.05) is 35.4 Å². The van der Waals surface area contributed by atoms with Gasteiger partial charge in [0, 0.05) is 28.4 Å². The Balaban J connectivity index is 2.46.